The Morgan fingerprint density at radius 1 is 1.35 bits per heavy atom. The van der Waals surface area contributed by atoms with Crippen LogP contribution in [0.25, 0.3) is 0 Å². The summed E-state index contributed by atoms with van der Waals surface area (Å²) in [5.74, 6) is 1.74. The Labute approximate surface area is 124 Å². The van der Waals surface area contributed by atoms with E-state index < -0.39 is 10.8 Å². The number of benzene rings is 1. The van der Waals surface area contributed by atoms with Crippen LogP contribution < -0.4 is 4.74 Å². The molecule has 0 radical (unpaired) electrons. The Bertz CT molecular complexity index is 475. The molecule has 112 valence electrons. The van der Waals surface area contributed by atoms with Gasteiger partial charge in [0.1, 0.15) is 5.75 Å². The first-order valence-electron chi connectivity index (χ1n) is 7.35. The Morgan fingerprint density at radius 3 is 2.75 bits per heavy atom. The van der Waals surface area contributed by atoms with Gasteiger partial charge in [-0.1, -0.05) is 18.2 Å². The monoisotopic (exact) mass is 295 g/mol. The predicted octanol–water partition coefficient (Wildman–Crippen LogP) is 2.82. The van der Waals surface area contributed by atoms with Gasteiger partial charge in [0.2, 0.25) is 0 Å². The van der Waals surface area contributed by atoms with Crippen LogP contribution in [-0.2, 0) is 17.3 Å². The quantitative estimate of drug-likeness (QED) is 0.855. The summed E-state index contributed by atoms with van der Waals surface area (Å²) in [4.78, 5) is 2.41. The van der Waals surface area contributed by atoms with E-state index in [9.17, 15) is 4.21 Å². The molecule has 0 bridgehead atoms. The molecular weight excluding hydrogens is 270 g/mol. The van der Waals surface area contributed by atoms with Gasteiger partial charge in [-0.2, -0.15) is 0 Å². The van der Waals surface area contributed by atoms with Crippen LogP contribution in [-0.4, -0.2) is 38.8 Å². The highest BCUT2D eigenvalue weighted by atomic mass is 32.2. The molecule has 3 atom stereocenters. The van der Waals surface area contributed by atoms with Crippen LogP contribution in [0.1, 0.15) is 33.3 Å². The molecule has 1 aliphatic heterocycles. The Balaban J connectivity index is 2.12. The highest BCUT2D eigenvalue weighted by molar-refractivity contribution is 7.85. The fourth-order valence-corrected chi connectivity index (χ4v) is 3.96. The van der Waals surface area contributed by atoms with Gasteiger partial charge in [-0.25, -0.2) is 0 Å². The maximum atomic E-state index is 11.9. The lowest BCUT2D eigenvalue weighted by molar-refractivity contribution is 0.191. The molecule has 1 saturated heterocycles. The van der Waals surface area contributed by atoms with Crippen LogP contribution >= 0.6 is 0 Å². The average Bonchev–Trinajstić information content (AvgIpc) is 2.41. The zero-order valence-electron chi connectivity index (χ0n) is 12.8. The van der Waals surface area contributed by atoms with Crippen molar-refractivity contribution in [2.24, 2.45) is 0 Å². The average molecular weight is 295 g/mol. The van der Waals surface area contributed by atoms with E-state index in [1.807, 2.05) is 26.0 Å². The lowest BCUT2D eigenvalue weighted by Crippen LogP contribution is -2.49. The smallest absolute Gasteiger partial charge is 0.124 e. The van der Waals surface area contributed by atoms with E-state index in [-0.39, 0.29) is 11.4 Å². The highest BCUT2D eigenvalue weighted by Gasteiger charge is 2.30. The third kappa shape index (κ3) is 3.61. The SMILES string of the molecule is CC(C)Oc1ccccc1CN1CCS(=O)C(C)C1C. The van der Waals surface area contributed by atoms with Crippen molar-refractivity contribution in [1.82, 2.24) is 4.90 Å². The minimum Gasteiger partial charge on any atom is -0.491 e. The normalized spacial score (nSPS) is 27.8. The van der Waals surface area contributed by atoms with E-state index >= 15 is 0 Å². The molecule has 0 aromatic heterocycles. The molecule has 3 unspecified atom stereocenters. The third-order valence-electron chi connectivity index (χ3n) is 3.96. The van der Waals surface area contributed by atoms with Crippen molar-refractivity contribution in [3.05, 3.63) is 29.8 Å². The molecular formula is C16H25NO2S. The first-order valence-corrected chi connectivity index (χ1v) is 8.73. The van der Waals surface area contributed by atoms with Crippen molar-refractivity contribution in [2.45, 2.75) is 51.6 Å². The fraction of sp³-hybridized carbons (Fsp3) is 0.625. The summed E-state index contributed by atoms with van der Waals surface area (Å²) >= 11 is 0. The van der Waals surface area contributed by atoms with E-state index in [0.717, 1.165) is 24.6 Å². The van der Waals surface area contributed by atoms with E-state index in [0.29, 0.717) is 6.04 Å². The van der Waals surface area contributed by atoms with Gasteiger partial charge in [-0.15, -0.1) is 0 Å². The standard InChI is InChI=1S/C16H25NO2S/c1-12(2)19-16-8-6-5-7-15(16)11-17-9-10-20(18)14(4)13(17)3/h5-8,12-14H,9-11H2,1-4H3. The molecule has 4 heteroatoms. The van der Waals surface area contributed by atoms with Gasteiger partial charge >= 0.3 is 0 Å². The van der Waals surface area contributed by atoms with Gasteiger partial charge in [0.15, 0.2) is 0 Å². The second-order valence-electron chi connectivity index (χ2n) is 5.78. The minimum absolute atomic E-state index is 0.182. The first-order chi connectivity index (χ1) is 9.49. The van der Waals surface area contributed by atoms with Crippen molar-refractivity contribution in [2.75, 3.05) is 12.3 Å². The van der Waals surface area contributed by atoms with Gasteiger partial charge in [0, 0.05) is 46.5 Å². The molecule has 1 aromatic rings. The third-order valence-corrected chi connectivity index (χ3v) is 5.77. The largest absolute Gasteiger partial charge is 0.491 e. The molecule has 0 aliphatic carbocycles. The van der Waals surface area contributed by atoms with Gasteiger partial charge < -0.3 is 4.74 Å². The summed E-state index contributed by atoms with van der Waals surface area (Å²) < 4.78 is 17.8. The summed E-state index contributed by atoms with van der Waals surface area (Å²) in [5, 5.41) is 0.238. The van der Waals surface area contributed by atoms with Gasteiger partial charge in [-0.3, -0.25) is 9.11 Å². The van der Waals surface area contributed by atoms with Crippen LogP contribution in [0.2, 0.25) is 0 Å². The van der Waals surface area contributed by atoms with Gasteiger partial charge in [0.05, 0.1) is 6.10 Å². The van der Waals surface area contributed by atoms with E-state index in [1.54, 1.807) is 0 Å². The Hall–Kier alpha value is -0.870. The van der Waals surface area contributed by atoms with E-state index in [2.05, 4.69) is 30.9 Å². The number of hydrogen-bond acceptors (Lipinski definition) is 3. The molecule has 0 amide bonds. The van der Waals surface area contributed by atoms with E-state index in [4.69, 9.17) is 4.74 Å². The van der Waals surface area contributed by atoms with Crippen LogP contribution in [0.5, 0.6) is 5.75 Å². The zero-order chi connectivity index (χ0) is 14.7. The van der Waals surface area contributed by atoms with E-state index in [1.165, 1.54) is 5.56 Å². The first kappa shape index (κ1) is 15.5. The summed E-state index contributed by atoms with van der Waals surface area (Å²) in [6, 6.07) is 8.57. The van der Waals surface area contributed by atoms with Crippen molar-refractivity contribution < 1.29 is 8.95 Å². The zero-order valence-corrected chi connectivity index (χ0v) is 13.7. The summed E-state index contributed by atoms with van der Waals surface area (Å²) in [7, 11) is -0.681. The molecule has 0 spiro atoms. The number of ether oxygens (including phenoxy) is 1. The fourth-order valence-electron chi connectivity index (χ4n) is 2.56. The van der Waals surface area contributed by atoms with Crippen LogP contribution in [0, 0.1) is 0 Å². The predicted molar refractivity (Wildman–Crippen MR) is 84.5 cm³/mol. The van der Waals surface area contributed by atoms with Crippen molar-refractivity contribution in [3.8, 4) is 5.75 Å². The molecule has 1 fully saturated rings. The maximum Gasteiger partial charge on any atom is 0.124 e. The van der Waals surface area contributed by atoms with Gasteiger partial charge in [-0.05, 0) is 33.8 Å². The summed E-state index contributed by atoms with van der Waals surface area (Å²) in [6.07, 6.45) is 0.182. The number of nitrogens with zero attached hydrogens (tertiary/aromatic N) is 1. The highest BCUT2D eigenvalue weighted by Crippen LogP contribution is 2.24. The second-order valence-corrected chi connectivity index (χ2v) is 7.69. The lowest BCUT2D eigenvalue weighted by Gasteiger charge is -2.37. The topological polar surface area (TPSA) is 29.5 Å². The van der Waals surface area contributed by atoms with Crippen molar-refractivity contribution in [1.29, 1.82) is 0 Å². The number of rotatable bonds is 4. The summed E-state index contributed by atoms with van der Waals surface area (Å²) in [5.41, 5.74) is 1.22. The van der Waals surface area contributed by atoms with Gasteiger partial charge in [0.25, 0.3) is 0 Å². The summed E-state index contributed by atoms with van der Waals surface area (Å²) in [6.45, 7) is 10.1. The molecule has 2 rings (SSSR count). The molecule has 20 heavy (non-hydrogen) atoms. The van der Waals surface area contributed by atoms with Crippen molar-refractivity contribution in [3.63, 3.8) is 0 Å². The molecule has 1 aromatic carbocycles. The Morgan fingerprint density at radius 2 is 2.05 bits per heavy atom. The van der Waals surface area contributed by atoms with Crippen LogP contribution in [0.3, 0.4) is 0 Å². The molecule has 0 N–H and O–H groups in total. The van der Waals surface area contributed by atoms with Crippen LogP contribution in [0.15, 0.2) is 24.3 Å². The van der Waals surface area contributed by atoms with Crippen LogP contribution in [0.4, 0.5) is 0 Å². The molecule has 0 saturated carbocycles. The van der Waals surface area contributed by atoms with Crippen molar-refractivity contribution >= 4 is 10.8 Å². The Kier molecular flexibility index (Phi) is 5.22. The number of para-hydroxylation sites is 1. The minimum atomic E-state index is -0.681. The molecule has 3 nitrogen and oxygen atoms in total. The maximum absolute atomic E-state index is 11.9. The molecule has 1 aliphatic rings. The number of hydrogen-bond donors (Lipinski definition) is 0. The second kappa shape index (κ2) is 6.72. The lowest BCUT2D eigenvalue weighted by atomic mass is 10.1. The molecule has 1 heterocycles.